The number of azo groups is 1. The molecule has 0 atom stereocenters. The van der Waals surface area contributed by atoms with E-state index in [4.69, 9.17) is 27.9 Å². The first-order valence-electron chi connectivity index (χ1n) is 10.1. The van der Waals surface area contributed by atoms with Crippen LogP contribution in [0, 0.1) is 0 Å². The molecule has 0 saturated carbocycles. The molecule has 8 heteroatoms. The number of halogens is 2. The van der Waals surface area contributed by atoms with Crippen molar-refractivity contribution in [2.75, 3.05) is 11.9 Å². The van der Waals surface area contributed by atoms with Crippen LogP contribution in [0.5, 0.6) is 11.5 Å². The van der Waals surface area contributed by atoms with E-state index in [1.807, 2.05) is 31.2 Å². The number of amides is 1. The Morgan fingerprint density at radius 2 is 1.76 bits per heavy atom. The molecule has 0 heterocycles. The van der Waals surface area contributed by atoms with Gasteiger partial charge < -0.3 is 15.2 Å². The fourth-order valence-electron chi connectivity index (χ4n) is 3.30. The molecule has 0 bridgehead atoms. The van der Waals surface area contributed by atoms with E-state index in [9.17, 15) is 9.90 Å². The summed E-state index contributed by atoms with van der Waals surface area (Å²) in [7, 11) is 0. The van der Waals surface area contributed by atoms with E-state index in [1.165, 1.54) is 0 Å². The predicted molar refractivity (Wildman–Crippen MR) is 132 cm³/mol. The third kappa shape index (κ3) is 4.92. The molecule has 6 nitrogen and oxygen atoms in total. The summed E-state index contributed by atoms with van der Waals surface area (Å²) in [4.78, 5) is 13.1. The number of aromatic hydroxyl groups is 1. The average Bonchev–Trinajstić information content (AvgIpc) is 2.81. The lowest BCUT2D eigenvalue weighted by Crippen LogP contribution is -2.13. The molecule has 0 spiro atoms. The first-order valence-corrected chi connectivity index (χ1v) is 10.9. The molecule has 0 aliphatic carbocycles. The van der Waals surface area contributed by atoms with Gasteiger partial charge in [0.2, 0.25) is 0 Å². The van der Waals surface area contributed by atoms with Crippen LogP contribution in [0.25, 0.3) is 10.8 Å². The molecule has 0 fully saturated rings. The summed E-state index contributed by atoms with van der Waals surface area (Å²) >= 11 is 12.2. The van der Waals surface area contributed by atoms with Crippen molar-refractivity contribution in [3.05, 3.63) is 88.4 Å². The predicted octanol–water partition coefficient (Wildman–Crippen LogP) is 7.92. The molecule has 0 aliphatic heterocycles. The number of carbonyl (C=O) groups is 1. The molecule has 2 N–H and O–H groups in total. The number of rotatable bonds is 6. The number of nitrogens with zero attached hydrogens (tertiary/aromatic N) is 2. The fraction of sp³-hybridized carbons (Fsp3) is 0.0800. The van der Waals surface area contributed by atoms with E-state index in [-0.39, 0.29) is 17.0 Å². The van der Waals surface area contributed by atoms with Crippen LogP contribution in [0.15, 0.2) is 83.0 Å². The van der Waals surface area contributed by atoms with Crippen LogP contribution in [-0.4, -0.2) is 17.6 Å². The normalized spacial score (nSPS) is 11.1. The summed E-state index contributed by atoms with van der Waals surface area (Å²) < 4.78 is 5.57. The SMILES string of the molecule is CCOc1ccccc1NC(=O)c1cc2ccccc2c(N=Nc2cc(Cl)ccc2Cl)c1O. The maximum atomic E-state index is 13.1. The van der Waals surface area contributed by atoms with E-state index < -0.39 is 5.91 Å². The van der Waals surface area contributed by atoms with Gasteiger partial charge in [0.15, 0.2) is 5.75 Å². The Bertz CT molecular complexity index is 1370. The van der Waals surface area contributed by atoms with Crippen LogP contribution in [-0.2, 0) is 0 Å². The number of hydrogen-bond acceptors (Lipinski definition) is 5. The first kappa shape index (κ1) is 22.6. The van der Waals surface area contributed by atoms with Gasteiger partial charge in [-0.25, -0.2) is 0 Å². The smallest absolute Gasteiger partial charge is 0.259 e. The zero-order valence-electron chi connectivity index (χ0n) is 17.5. The molecule has 4 aromatic carbocycles. The number of nitrogens with one attached hydrogen (secondary N) is 1. The number of benzene rings is 4. The van der Waals surface area contributed by atoms with Gasteiger partial charge in [-0.2, -0.15) is 0 Å². The Labute approximate surface area is 200 Å². The van der Waals surface area contributed by atoms with Crippen molar-refractivity contribution >= 4 is 56.9 Å². The quantitative estimate of drug-likeness (QED) is 0.275. The highest BCUT2D eigenvalue weighted by Gasteiger charge is 2.19. The number of carbonyl (C=O) groups excluding carboxylic acids is 1. The Balaban J connectivity index is 1.78. The first-order chi connectivity index (χ1) is 16.0. The lowest BCUT2D eigenvalue weighted by atomic mass is 10.0. The Morgan fingerprint density at radius 3 is 2.58 bits per heavy atom. The number of para-hydroxylation sites is 2. The van der Waals surface area contributed by atoms with Crippen molar-refractivity contribution in [3.63, 3.8) is 0 Å². The number of phenols is 1. The van der Waals surface area contributed by atoms with Crippen LogP contribution in [0.1, 0.15) is 17.3 Å². The van der Waals surface area contributed by atoms with Crippen LogP contribution in [0.4, 0.5) is 17.1 Å². The number of ether oxygens (including phenoxy) is 1. The molecule has 0 radical (unpaired) electrons. The second kappa shape index (κ2) is 9.90. The molecule has 4 rings (SSSR count). The number of anilines is 1. The van der Waals surface area contributed by atoms with E-state index in [0.717, 1.165) is 0 Å². The van der Waals surface area contributed by atoms with Crippen molar-refractivity contribution in [1.82, 2.24) is 0 Å². The number of fused-ring (bicyclic) bond motifs is 1. The van der Waals surface area contributed by atoms with Gasteiger partial charge in [-0.15, -0.1) is 10.2 Å². The monoisotopic (exact) mass is 479 g/mol. The maximum Gasteiger partial charge on any atom is 0.259 e. The van der Waals surface area contributed by atoms with Gasteiger partial charge >= 0.3 is 0 Å². The highest BCUT2D eigenvalue weighted by Crippen LogP contribution is 2.40. The lowest BCUT2D eigenvalue weighted by Gasteiger charge is -2.13. The molecule has 0 aliphatic rings. The van der Waals surface area contributed by atoms with Crippen molar-refractivity contribution in [1.29, 1.82) is 0 Å². The van der Waals surface area contributed by atoms with E-state index >= 15 is 0 Å². The zero-order chi connectivity index (χ0) is 23.4. The molecule has 4 aromatic rings. The van der Waals surface area contributed by atoms with Crippen molar-refractivity contribution in [3.8, 4) is 11.5 Å². The molecule has 0 saturated heterocycles. The number of hydrogen-bond donors (Lipinski definition) is 2. The van der Waals surface area contributed by atoms with Gasteiger partial charge in [-0.1, -0.05) is 59.6 Å². The summed E-state index contributed by atoms with van der Waals surface area (Å²) in [5, 5.41) is 24.3. The second-order valence-electron chi connectivity index (χ2n) is 7.02. The van der Waals surface area contributed by atoms with E-state index in [2.05, 4.69) is 15.5 Å². The van der Waals surface area contributed by atoms with Crippen LogP contribution >= 0.6 is 23.2 Å². The topological polar surface area (TPSA) is 83.3 Å². The Morgan fingerprint density at radius 1 is 1.00 bits per heavy atom. The minimum atomic E-state index is -0.511. The largest absolute Gasteiger partial charge is 0.505 e. The zero-order valence-corrected chi connectivity index (χ0v) is 19.1. The highest BCUT2D eigenvalue weighted by atomic mass is 35.5. The third-order valence-corrected chi connectivity index (χ3v) is 5.40. The van der Waals surface area contributed by atoms with E-state index in [0.29, 0.717) is 44.5 Å². The molecular weight excluding hydrogens is 461 g/mol. The molecule has 166 valence electrons. The van der Waals surface area contributed by atoms with Crippen LogP contribution in [0.3, 0.4) is 0 Å². The van der Waals surface area contributed by atoms with Crippen molar-refractivity contribution in [2.24, 2.45) is 10.2 Å². The van der Waals surface area contributed by atoms with Gasteiger partial charge in [-0.3, -0.25) is 4.79 Å². The summed E-state index contributed by atoms with van der Waals surface area (Å²) in [6.45, 7) is 2.31. The third-order valence-electron chi connectivity index (χ3n) is 4.84. The molecule has 0 unspecified atom stereocenters. The summed E-state index contributed by atoms with van der Waals surface area (Å²) in [6, 6.07) is 20.8. The Kier molecular flexibility index (Phi) is 6.77. The Hall–Kier alpha value is -3.61. The minimum Gasteiger partial charge on any atom is -0.505 e. The summed E-state index contributed by atoms with van der Waals surface area (Å²) in [5.74, 6) is -0.284. The summed E-state index contributed by atoms with van der Waals surface area (Å²) in [5.41, 5.74) is 1.03. The van der Waals surface area contributed by atoms with Crippen LogP contribution in [0.2, 0.25) is 10.0 Å². The van der Waals surface area contributed by atoms with E-state index in [1.54, 1.807) is 48.5 Å². The van der Waals surface area contributed by atoms with Gasteiger partial charge in [0.05, 0.1) is 22.9 Å². The molecule has 1 amide bonds. The van der Waals surface area contributed by atoms with Crippen LogP contribution < -0.4 is 10.1 Å². The minimum absolute atomic E-state index is 0.0474. The van der Waals surface area contributed by atoms with Gasteiger partial charge in [0, 0.05) is 10.4 Å². The average molecular weight is 480 g/mol. The van der Waals surface area contributed by atoms with Gasteiger partial charge in [0.1, 0.15) is 17.1 Å². The number of phenolic OH excluding ortho intramolecular Hbond substituents is 1. The lowest BCUT2D eigenvalue weighted by molar-refractivity contribution is 0.102. The maximum absolute atomic E-state index is 13.1. The standard InChI is InChI=1S/C25H19Cl2N3O3/c1-2-33-22-10-6-5-9-20(22)28-25(32)18-13-15-7-3-4-8-17(15)23(24(18)31)30-29-21-14-16(26)11-12-19(21)27/h3-14,31H,2H2,1H3,(H,28,32). The van der Waals surface area contributed by atoms with Gasteiger partial charge in [0.25, 0.3) is 5.91 Å². The van der Waals surface area contributed by atoms with Crippen molar-refractivity contribution < 1.29 is 14.6 Å². The summed E-state index contributed by atoms with van der Waals surface area (Å²) in [6.07, 6.45) is 0. The highest BCUT2D eigenvalue weighted by molar-refractivity contribution is 6.35. The van der Waals surface area contributed by atoms with Crippen molar-refractivity contribution in [2.45, 2.75) is 6.92 Å². The fourth-order valence-corrected chi connectivity index (χ4v) is 3.62. The van der Waals surface area contributed by atoms with Gasteiger partial charge in [-0.05, 0) is 48.7 Å². The molecule has 0 aromatic heterocycles. The second-order valence-corrected chi connectivity index (χ2v) is 7.87. The molecule has 33 heavy (non-hydrogen) atoms. The molecular formula is C25H19Cl2N3O3.